The molecule has 1 aromatic heterocycles. The molecule has 1 N–H and O–H groups in total. The van der Waals surface area contributed by atoms with Gasteiger partial charge in [0.1, 0.15) is 0 Å². The highest BCUT2D eigenvalue weighted by Gasteiger charge is 2.20. The lowest BCUT2D eigenvalue weighted by Crippen LogP contribution is -2.34. The van der Waals surface area contributed by atoms with Crippen LogP contribution in [0.5, 0.6) is 0 Å². The van der Waals surface area contributed by atoms with Crippen LogP contribution in [-0.4, -0.2) is 18.4 Å². The van der Waals surface area contributed by atoms with Crippen molar-refractivity contribution < 1.29 is 9.59 Å². The zero-order valence-electron chi connectivity index (χ0n) is 18.9. The molecule has 3 aromatic rings. The largest absolute Gasteiger partial charge is 0.344 e. The smallest absolute Gasteiger partial charge is 0.227 e. The Hall–Kier alpha value is -3.43. The Labute approximate surface area is 199 Å². The van der Waals surface area contributed by atoms with Crippen molar-refractivity contribution in [1.82, 2.24) is 5.32 Å². The number of nitrogens with zero attached hydrogens (tertiary/aromatic N) is 2. The minimum absolute atomic E-state index is 0.0821. The van der Waals surface area contributed by atoms with Crippen molar-refractivity contribution in [3.8, 4) is 6.07 Å². The van der Waals surface area contributed by atoms with Gasteiger partial charge in [0.05, 0.1) is 18.5 Å². The molecule has 1 atom stereocenters. The van der Waals surface area contributed by atoms with E-state index >= 15 is 0 Å². The monoisotopic (exact) mass is 459 g/mol. The van der Waals surface area contributed by atoms with Crippen LogP contribution in [0, 0.1) is 11.3 Å². The number of carbonyl (C=O) groups is 2. The van der Waals surface area contributed by atoms with Gasteiger partial charge in [-0.1, -0.05) is 61.9 Å². The second-order valence-corrected chi connectivity index (χ2v) is 8.78. The summed E-state index contributed by atoms with van der Waals surface area (Å²) in [5.41, 5.74) is 3.04. The third-order valence-corrected chi connectivity index (χ3v) is 6.30. The molecular formula is C27H29N3O2S. The van der Waals surface area contributed by atoms with Crippen LogP contribution in [0.4, 0.5) is 5.69 Å². The van der Waals surface area contributed by atoms with Gasteiger partial charge in [-0.15, -0.1) is 11.3 Å². The van der Waals surface area contributed by atoms with E-state index in [0.29, 0.717) is 6.54 Å². The fourth-order valence-electron chi connectivity index (χ4n) is 3.70. The molecule has 2 aromatic carbocycles. The van der Waals surface area contributed by atoms with Crippen molar-refractivity contribution >= 4 is 28.8 Å². The summed E-state index contributed by atoms with van der Waals surface area (Å²) in [5, 5.41) is 14.1. The fourth-order valence-corrected chi connectivity index (χ4v) is 4.50. The van der Waals surface area contributed by atoms with Crippen LogP contribution in [-0.2, 0) is 16.0 Å². The minimum atomic E-state index is -0.243. The first-order valence-corrected chi connectivity index (χ1v) is 12.1. The van der Waals surface area contributed by atoms with E-state index in [-0.39, 0.29) is 37.1 Å². The van der Waals surface area contributed by atoms with Gasteiger partial charge < -0.3 is 10.2 Å². The summed E-state index contributed by atoms with van der Waals surface area (Å²) in [6, 6.07) is 23.5. The first-order valence-electron chi connectivity index (χ1n) is 11.3. The highest BCUT2D eigenvalue weighted by molar-refractivity contribution is 7.10. The molecule has 6 heteroatoms. The van der Waals surface area contributed by atoms with Crippen LogP contribution in [0.15, 0.2) is 72.1 Å². The van der Waals surface area contributed by atoms with E-state index < -0.39 is 0 Å². The van der Waals surface area contributed by atoms with Gasteiger partial charge >= 0.3 is 0 Å². The molecule has 0 saturated carbocycles. The molecule has 0 saturated heterocycles. The maximum absolute atomic E-state index is 12.9. The molecule has 0 bridgehead atoms. The second-order valence-electron chi connectivity index (χ2n) is 7.80. The van der Waals surface area contributed by atoms with E-state index in [1.807, 2.05) is 47.8 Å². The van der Waals surface area contributed by atoms with Gasteiger partial charge in [0, 0.05) is 30.0 Å². The molecular weight excluding hydrogens is 430 g/mol. The standard InChI is InChI=1S/C27H29N3O2S/c1-2-8-21-12-14-22(15-13-21)27(24-11-6-20-33-24)29-25(31)16-17-26(32)30(19-7-18-28)23-9-4-3-5-10-23/h3-6,9-15,20,27H,2,7-8,16-17,19H2,1H3,(H,29,31). The molecule has 1 heterocycles. The van der Waals surface area contributed by atoms with E-state index in [4.69, 9.17) is 5.26 Å². The normalized spacial score (nSPS) is 11.4. The summed E-state index contributed by atoms with van der Waals surface area (Å²) in [7, 11) is 0. The molecule has 0 aliphatic rings. The van der Waals surface area contributed by atoms with Gasteiger partial charge in [0.15, 0.2) is 0 Å². The van der Waals surface area contributed by atoms with E-state index in [0.717, 1.165) is 29.0 Å². The summed E-state index contributed by atoms with van der Waals surface area (Å²) in [6.45, 7) is 2.46. The summed E-state index contributed by atoms with van der Waals surface area (Å²) >= 11 is 1.60. The van der Waals surface area contributed by atoms with E-state index in [9.17, 15) is 9.59 Å². The maximum Gasteiger partial charge on any atom is 0.227 e. The van der Waals surface area contributed by atoms with Gasteiger partial charge in [-0.25, -0.2) is 0 Å². The lowest BCUT2D eigenvalue weighted by molar-refractivity contribution is -0.125. The topological polar surface area (TPSA) is 73.2 Å². The second kappa shape index (κ2) is 12.6. The van der Waals surface area contributed by atoms with Gasteiger partial charge in [0.2, 0.25) is 11.8 Å². The Bertz CT molecular complexity index is 1060. The third kappa shape index (κ3) is 7.03. The van der Waals surface area contributed by atoms with E-state index in [2.05, 4.69) is 42.6 Å². The lowest BCUT2D eigenvalue weighted by Gasteiger charge is -2.22. The molecule has 2 amide bonds. The summed E-state index contributed by atoms with van der Waals surface area (Å²) < 4.78 is 0. The SMILES string of the molecule is CCCc1ccc(C(NC(=O)CCC(=O)N(CCC#N)c2ccccc2)c2cccs2)cc1. The van der Waals surface area contributed by atoms with Gasteiger partial charge in [-0.2, -0.15) is 5.26 Å². The van der Waals surface area contributed by atoms with Crippen LogP contribution < -0.4 is 10.2 Å². The number of amides is 2. The number of thiophene rings is 1. The molecule has 0 aliphatic carbocycles. The first-order chi connectivity index (χ1) is 16.1. The molecule has 33 heavy (non-hydrogen) atoms. The molecule has 0 radical (unpaired) electrons. The Balaban J connectivity index is 1.66. The van der Waals surface area contributed by atoms with Crippen LogP contribution in [0.3, 0.4) is 0 Å². The fraction of sp³-hybridized carbons (Fsp3) is 0.296. The van der Waals surface area contributed by atoms with Crippen molar-refractivity contribution in [1.29, 1.82) is 5.26 Å². The summed E-state index contributed by atoms with van der Waals surface area (Å²) in [6.07, 6.45) is 2.53. The number of nitrogens with one attached hydrogen (secondary N) is 1. The highest BCUT2D eigenvalue weighted by atomic mass is 32.1. The number of nitriles is 1. The molecule has 1 unspecified atom stereocenters. The van der Waals surface area contributed by atoms with Crippen LogP contribution >= 0.6 is 11.3 Å². The number of aryl methyl sites for hydroxylation is 1. The molecule has 5 nitrogen and oxygen atoms in total. The number of anilines is 1. The molecule has 0 aliphatic heterocycles. The summed E-state index contributed by atoms with van der Waals surface area (Å²) in [5.74, 6) is -0.337. The van der Waals surface area contributed by atoms with E-state index in [1.54, 1.807) is 16.2 Å². The van der Waals surface area contributed by atoms with Gasteiger partial charge in [0.25, 0.3) is 0 Å². The van der Waals surface area contributed by atoms with Crippen molar-refractivity contribution in [2.45, 2.75) is 45.1 Å². The van der Waals surface area contributed by atoms with Gasteiger partial charge in [-0.05, 0) is 41.1 Å². The first kappa shape index (κ1) is 24.2. The van der Waals surface area contributed by atoms with Crippen molar-refractivity contribution in [3.63, 3.8) is 0 Å². The number of hydrogen-bond donors (Lipinski definition) is 1. The highest BCUT2D eigenvalue weighted by Crippen LogP contribution is 2.27. The van der Waals surface area contributed by atoms with Crippen LogP contribution in [0.1, 0.15) is 54.7 Å². The Kier molecular flexibility index (Phi) is 9.22. The Morgan fingerprint density at radius 3 is 2.42 bits per heavy atom. The zero-order chi connectivity index (χ0) is 23.5. The molecule has 0 spiro atoms. The van der Waals surface area contributed by atoms with Crippen LogP contribution in [0.25, 0.3) is 0 Å². The number of para-hydroxylation sites is 1. The van der Waals surface area contributed by atoms with Crippen molar-refractivity contribution in [3.05, 3.63) is 88.1 Å². The van der Waals surface area contributed by atoms with Crippen molar-refractivity contribution in [2.75, 3.05) is 11.4 Å². The predicted octanol–water partition coefficient (Wildman–Crippen LogP) is 5.63. The maximum atomic E-state index is 12.9. The molecule has 170 valence electrons. The lowest BCUT2D eigenvalue weighted by atomic mass is 10.0. The van der Waals surface area contributed by atoms with Gasteiger partial charge in [-0.3, -0.25) is 9.59 Å². The quantitative estimate of drug-likeness (QED) is 0.404. The van der Waals surface area contributed by atoms with Crippen LogP contribution in [0.2, 0.25) is 0 Å². The molecule has 3 rings (SSSR count). The Morgan fingerprint density at radius 1 is 1.03 bits per heavy atom. The summed E-state index contributed by atoms with van der Waals surface area (Å²) in [4.78, 5) is 28.4. The third-order valence-electron chi connectivity index (χ3n) is 5.37. The minimum Gasteiger partial charge on any atom is -0.344 e. The number of benzene rings is 2. The number of hydrogen-bond acceptors (Lipinski definition) is 4. The zero-order valence-corrected chi connectivity index (χ0v) is 19.7. The predicted molar refractivity (Wildman–Crippen MR) is 133 cm³/mol. The van der Waals surface area contributed by atoms with E-state index in [1.165, 1.54) is 5.56 Å². The molecule has 0 fully saturated rings. The van der Waals surface area contributed by atoms with Crippen molar-refractivity contribution in [2.24, 2.45) is 0 Å². The average molecular weight is 460 g/mol. The number of rotatable bonds is 11. The average Bonchev–Trinajstić information content (AvgIpc) is 3.38. The Morgan fingerprint density at radius 2 is 1.79 bits per heavy atom. The number of carbonyl (C=O) groups excluding carboxylic acids is 2.